The Morgan fingerprint density at radius 2 is 1.91 bits per heavy atom. The van der Waals surface area contributed by atoms with Gasteiger partial charge in [-0.05, 0) is 57.4 Å². The largest absolute Gasteiger partial charge is 0.489 e. The van der Waals surface area contributed by atoms with Crippen molar-refractivity contribution in [2.24, 2.45) is 0 Å². The number of methoxy groups -OCH3 is 1. The molecule has 1 saturated heterocycles. The van der Waals surface area contributed by atoms with Crippen LogP contribution in [0, 0.1) is 32.1 Å². The zero-order valence-electron chi connectivity index (χ0n) is 25.8. The Hall–Kier alpha value is -3.78. The molecular formula is C33H40N4O6. The van der Waals surface area contributed by atoms with E-state index in [0.717, 1.165) is 44.9 Å². The second kappa shape index (κ2) is 11.4. The van der Waals surface area contributed by atoms with Gasteiger partial charge in [0.15, 0.2) is 18.3 Å². The molecule has 10 heteroatoms. The number of hydrogen-bond acceptors (Lipinski definition) is 9. The summed E-state index contributed by atoms with van der Waals surface area (Å²) in [5.74, 6) is 2.78. The van der Waals surface area contributed by atoms with Crippen LogP contribution in [0.15, 0.2) is 18.7 Å². The molecule has 4 aliphatic heterocycles. The number of nitrogens with zero attached hydrogens (tertiary/aromatic N) is 3. The molecule has 0 saturated carbocycles. The van der Waals surface area contributed by atoms with Gasteiger partial charge in [-0.2, -0.15) is 5.26 Å². The average Bonchev–Trinajstić information content (AvgIpc) is 3.47. The van der Waals surface area contributed by atoms with Crippen molar-refractivity contribution >= 4 is 5.91 Å². The number of piperazine rings is 1. The third-order valence-electron chi connectivity index (χ3n) is 9.62. The van der Waals surface area contributed by atoms with Gasteiger partial charge >= 0.3 is 0 Å². The lowest BCUT2D eigenvalue weighted by Crippen LogP contribution is -2.68. The maximum Gasteiger partial charge on any atom is 0.231 e. The van der Waals surface area contributed by atoms with E-state index in [-0.39, 0.29) is 43.7 Å². The van der Waals surface area contributed by atoms with Gasteiger partial charge in [0, 0.05) is 54.9 Å². The highest BCUT2D eigenvalue weighted by Crippen LogP contribution is 2.57. The maximum absolute atomic E-state index is 12.3. The van der Waals surface area contributed by atoms with Crippen molar-refractivity contribution in [3.63, 3.8) is 0 Å². The van der Waals surface area contributed by atoms with Crippen molar-refractivity contribution in [1.82, 2.24) is 15.1 Å². The predicted molar refractivity (Wildman–Crippen MR) is 160 cm³/mol. The van der Waals surface area contributed by atoms with Crippen LogP contribution < -0.4 is 24.3 Å². The Balaban J connectivity index is 1.61. The summed E-state index contributed by atoms with van der Waals surface area (Å²) < 4.78 is 30.1. The Labute approximate surface area is 253 Å². The van der Waals surface area contributed by atoms with Gasteiger partial charge in [-0.25, -0.2) is 0 Å². The van der Waals surface area contributed by atoms with Crippen molar-refractivity contribution < 1.29 is 28.5 Å². The van der Waals surface area contributed by atoms with Gasteiger partial charge in [0.1, 0.15) is 24.1 Å². The second-order valence-corrected chi connectivity index (χ2v) is 11.9. The fourth-order valence-corrected chi connectivity index (χ4v) is 7.76. The van der Waals surface area contributed by atoms with Gasteiger partial charge in [-0.1, -0.05) is 18.7 Å². The van der Waals surface area contributed by atoms with E-state index in [4.69, 9.17) is 23.7 Å². The molecule has 4 heterocycles. The second-order valence-electron chi connectivity index (χ2n) is 11.9. The molecule has 1 fully saturated rings. The Morgan fingerprint density at radius 1 is 1.14 bits per heavy atom. The molecule has 1 N–H and O–H groups in total. The number of carbonyl (C=O) groups excluding carboxylic acids is 1. The number of ether oxygens (including phenoxy) is 5. The van der Waals surface area contributed by atoms with Crippen LogP contribution >= 0.6 is 0 Å². The third-order valence-corrected chi connectivity index (χ3v) is 9.62. The first-order chi connectivity index (χ1) is 20.7. The Morgan fingerprint density at radius 3 is 2.60 bits per heavy atom. The summed E-state index contributed by atoms with van der Waals surface area (Å²) in [4.78, 5) is 17.0. The number of nitrogens with one attached hydrogen (secondary N) is 1. The summed E-state index contributed by atoms with van der Waals surface area (Å²) in [6.07, 6.45) is 3.03. The molecule has 0 spiro atoms. The van der Waals surface area contributed by atoms with Crippen LogP contribution in [-0.4, -0.2) is 74.7 Å². The molecule has 10 nitrogen and oxygen atoms in total. The highest BCUT2D eigenvalue weighted by Gasteiger charge is 2.56. The monoisotopic (exact) mass is 588 g/mol. The van der Waals surface area contributed by atoms with Crippen molar-refractivity contribution in [2.75, 3.05) is 40.9 Å². The Bertz CT molecular complexity index is 1520. The summed E-state index contributed by atoms with van der Waals surface area (Å²) in [6, 6.07) is 3.86. The standard InChI is InChI=1S/C33H40N4O6/c1-8-9-40-30-19(4)32-33(43-16-42-32)28-22(30)12-24-29-27-21(10-17(2)18(3)31(27)41-15-39-7)11-23(36(29)6)25(13-34)37(24)26(28)14-35-20(5)38/h8,10,23-26,29H,1,9,11-12,14-16H2,2-7H3,(H,35,38)/t23-,24?,25-,26-,29?/m0/s1. The molecule has 2 aromatic carbocycles. The van der Waals surface area contributed by atoms with E-state index < -0.39 is 6.04 Å². The summed E-state index contributed by atoms with van der Waals surface area (Å²) in [5.41, 5.74) is 7.38. The highest BCUT2D eigenvalue weighted by atomic mass is 16.7. The SMILES string of the molecule is C=CCOc1c(C)c2c(c3c1CC1C4c5c(cc(C)c(C)c5OCOC)C[C@@H]([C@H](C#N)N1[C@H]3CNC(C)=O)N4C)OCO2. The van der Waals surface area contributed by atoms with Gasteiger partial charge in [0.2, 0.25) is 12.7 Å². The third kappa shape index (κ3) is 4.53. The number of fused-ring (bicyclic) bond motifs is 9. The molecular weight excluding hydrogens is 548 g/mol. The Kier molecular flexibility index (Phi) is 7.75. The number of aryl methyl sites for hydroxylation is 1. The van der Waals surface area contributed by atoms with Gasteiger partial charge in [0.25, 0.3) is 0 Å². The van der Waals surface area contributed by atoms with Gasteiger partial charge < -0.3 is 29.0 Å². The maximum atomic E-state index is 12.3. The molecule has 43 heavy (non-hydrogen) atoms. The minimum atomic E-state index is -0.437. The lowest BCUT2D eigenvalue weighted by Gasteiger charge is -2.60. The molecule has 2 aromatic rings. The number of likely N-dealkylation sites (N-methyl/N-ethyl adjacent to an activating group) is 1. The van der Waals surface area contributed by atoms with Crippen LogP contribution in [0.5, 0.6) is 23.0 Å². The summed E-state index contributed by atoms with van der Waals surface area (Å²) >= 11 is 0. The molecule has 2 unspecified atom stereocenters. The first-order valence-corrected chi connectivity index (χ1v) is 14.8. The highest BCUT2D eigenvalue weighted by molar-refractivity contribution is 5.73. The predicted octanol–water partition coefficient (Wildman–Crippen LogP) is 3.80. The van der Waals surface area contributed by atoms with Crippen molar-refractivity contribution in [2.45, 2.75) is 70.7 Å². The molecule has 4 aliphatic rings. The molecule has 0 radical (unpaired) electrons. The van der Waals surface area contributed by atoms with Crippen LogP contribution in [0.4, 0.5) is 0 Å². The van der Waals surface area contributed by atoms with Crippen LogP contribution in [0.3, 0.4) is 0 Å². The van der Waals surface area contributed by atoms with E-state index in [1.807, 2.05) is 6.92 Å². The van der Waals surface area contributed by atoms with Gasteiger partial charge in [-0.15, -0.1) is 0 Å². The average molecular weight is 589 g/mol. The molecule has 5 atom stereocenters. The first kappa shape index (κ1) is 29.3. The zero-order chi connectivity index (χ0) is 30.6. The van der Waals surface area contributed by atoms with Crippen molar-refractivity contribution in [1.29, 1.82) is 5.26 Å². The van der Waals surface area contributed by atoms with E-state index in [1.54, 1.807) is 13.2 Å². The van der Waals surface area contributed by atoms with E-state index in [9.17, 15) is 10.1 Å². The molecule has 6 rings (SSSR count). The topological polar surface area (TPSA) is 106 Å². The number of rotatable bonds is 8. The molecule has 1 amide bonds. The quantitative estimate of drug-likeness (QED) is 0.364. The van der Waals surface area contributed by atoms with Gasteiger partial charge in [0.05, 0.1) is 18.2 Å². The van der Waals surface area contributed by atoms with Crippen LogP contribution in [0.25, 0.3) is 0 Å². The first-order valence-electron chi connectivity index (χ1n) is 14.8. The normalized spacial score (nSPS) is 25.2. The van der Waals surface area contributed by atoms with Crippen LogP contribution in [0.2, 0.25) is 0 Å². The summed E-state index contributed by atoms with van der Waals surface area (Å²) in [7, 11) is 3.75. The van der Waals surface area contributed by atoms with E-state index in [0.29, 0.717) is 37.5 Å². The zero-order valence-corrected chi connectivity index (χ0v) is 25.8. The molecule has 228 valence electrons. The lowest BCUT2D eigenvalue weighted by atomic mass is 9.71. The lowest BCUT2D eigenvalue weighted by molar-refractivity contribution is -0.120. The fraction of sp³-hybridized carbons (Fsp3) is 0.515. The van der Waals surface area contributed by atoms with Gasteiger partial charge in [-0.3, -0.25) is 14.6 Å². The molecule has 2 bridgehead atoms. The molecule has 0 aliphatic carbocycles. The van der Waals surface area contributed by atoms with E-state index in [2.05, 4.69) is 54.7 Å². The minimum absolute atomic E-state index is 0.0651. The number of carbonyl (C=O) groups is 1. The summed E-state index contributed by atoms with van der Waals surface area (Å²) in [5, 5.41) is 13.8. The van der Waals surface area contributed by atoms with E-state index in [1.165, 1.54) is 12.5 Å². The number of benzene rings is 2. The number of nitriles is 1. The smallest absolute Gasteiger partial charge is 0.231 e. The van der Waals surface area contributed by atoms with Crippen LogP contribution in [-0.2, 0) is 22.4 Å². The fourth-order valence-electron chi connectivity index (χ4n) is 7.76. The summed E-state index contributed by atoms with van der Waals surface area (Å²) in [6.45, 7) is 12.4. The van der Waals surface area contributed by atoms with Crippen molar-refractivity contribution in [3.8, 4) is 29.1 Å². The number of amides is 1. The van der Waals surface area contributed by atoms with Crippen molar-refractivity contribution in [3.05, 3.63) is 57.7 Å². The number of hydrogen-bond donors (Lipinski definition) is 1. The van der Waals surface area contributed by atoms with Crippen LogP contribution in [0.1, 0.15) is 58.0 Å². The minimum Gasteiger partial charge on any atom is -0.489 e. The molecule has 0 aromatic heterocycles. The van der Waals surface area contributed by atoms with E-state index >= 15 is 0 Å².